The molecule has 114 valence electrons. The Hall–Kier alpha value is -2.20. The highest BCUT2D eigenvalue weighted by molar-refractivity contribution is 5.74. The van der Waals surface area contributed by atoms with Gasteiger partial charge in [-0.2, -0.15) is 0 Å². The third-order valence-electron chi connectivity index (χ3n) is 4.34. The maximum atomic E-state index is 11.6. The molecule has 1 fully saturated rings. The molecule has 1 aliphatic rings. The summed E-state index contributed by atoms with van der Waals surface area (Å²) < 4.78 is 0. The molecule has 3 rings (SSSR count). The number of hydrogen-bond donors (Lipinski definition) is 1. The molecule has 2 heterocycles. The monoisotopic (exact) mass is 296 g/mol. The van der Waals surface area contributed by atoms with Crippen molar-refractivity contribution in [1.82, 2.24) is 9.88 Å². The normalized spacial score (nSPS) is 20.0. The second-order valence-electron chi connectivity index (χ2n) is 5.75. The van der Waals surface area contributed by atoms with Gasteiger partial charge in [-0.15, -0.1) is 0 Å². The van der Waals surface area contributed by atoms with Crippen LogP contribution in [0.1, 0.15) is 35.7 Å². The minimum Gasteiger partial charge on any atom is -0.480 e. The molecule has 1 aromatic carbocycles. The first-order chi connectivity index (χ1) is 10.7. The molecule has 2 aromatic rings. The second kappa shape index (κ2) is 6.28. The lowest BCUT2D eigenvalue weighted by atomic mass is 9.97. The van der Waals surface area contributed by atoms with Crippen LogP contribution in [0.15, 0.2) is 48.7 Å². The van der Waals surface area contributed by atoms with Crippen LogP contribution in [0.25, 0.3) is 0 Å². The van der Waals surface area contributed by atoms with E-state index in [4.69, 9.17) is 0 Å². The number of aryl methyl sites for hydroxylation is 1. The number of rotatable bonds is 4. The summed E-state index contributed by atoms with van der Waals surface area (Å²) in [5.74, 6) is -0.744. The minimum atomic E-state index is -0.744. The molecule has 0 radical (unpaired) electrons. The number of pyridine rings is 1. The average Bonchev–Trinajstić information content (AvgIpc) is 3.00. The first-order valence-corrected chi connectivity index (χ1v) is 7.63. The van der Waals surface area contributed by atoms with Crippen LogP contribution in [0.5, 0.6) is 0 Å². The van der Waals surface area contributed by atoms with E-state index in [1.54, 1.807) is 6.20 Å². The van der Waals surface area contributed by atoms with Crippen molar-refractivity contribution in [1.29, 1.82) is 0 Å². The van der Waals surface area contributed by atoms with Gasteiger partial charge in [-0.1, -0.05) is 36.4 Å². The van der Waals surface area contributed by atoms with Gasteiger partial charge in [0.05, 0.1) is 11.7 Å². The third-order valence-corrected chi connectivity index (χ3v) is 4.34. The SMILES string of the molecule is Cc1cccnc1C(c1ccccc1)N1CCCC1C(=O)O. The Kier molecular flexibility index (Phi) is 4.20. The van der Waals surface area contributed by atoms with Crippen molar-refractivity contribution in [2.24, 2.45) is 0 Å². The largest absolute Gasteiger partial charge is 0.480 e. The van der Waals surface area contributed by atoms with Crippen LogP contribution in [0.4, 0.5) is 0 Å². The predicted molar refractivity (Wildman–Crippen MR) is 84.6 cm³/mol. The zero-order valence-electron chi connectivity index (χ0n) is 12.6. The first kappa shape index (κ1) is 14.7. The highest BCUT2D eigenvalue weighted by atomic mass is 16.4. The molecule has 2 unspecified atom stereocenters. The summed E-state index contributed by atoms with van der Waals surface area (Å²) in [5, 5.41) is 9.53. The molecule has 0 bridgehead atoms. The number of likely N-dealkylation sites (tertiary alicyclic amines) is 1. The zero-order valence-corrected chi connectivity index (χ0v) is 12.6. The van der Waals surface area contributed by atoms with E-state index >= 15 is 0 Å². The van der Waals surface area contributed by atoms with E-state index < -0.39 is 12.0 Å². The highest BCUT2D eigenvalue weighted by Crippen LogP contribution is 2.35. The van der Waals surface area contributed by atoms with Gasteiger partial charge in [-0.3, -0.25) is 14.7 Å². The smallest absolute Gasteiger partial charge is 0.320 e. The van der Waals surface area contributed by atoms with Crippen molar-refractivity contribution < 1.29 is 9.90 Å². The molecule has 1 saturated heterocycles. The molecule has 2 atom stereocenters. The number of aromatic nitrogens is 1. The van der Waals surface area contributed by atoms with Gasteiger partial charge in [-0.05, 0) is 37.0 Å². The van der Waals surface area contributed by atoms with Crippen molar-refractivity contribution in [2.45, 2.75) is 31.8 Å². The molecule has 1 aromatic heterocycles. The van der Waals surface area contributed by atoms with E-state index in [1.165, 1.54) is 0 Å². The van der Waals surface area contributed by atoms with Gasteiger partial charge in [0.1, 0.15) is 6.04 Å². The van der Waals surface area contributed by atoms with Gasteiger partial charge in [0.15, 0.2) is 0 Å². The maximum Gasteiger partial charge on any atom is 0.320 e. The van der Waals surface area contributed by atoms with Crippen LogP contribution in [0.3, 0.4) is 0 Å². The Morgan fingerprint density at radius 2 is 2.05 bits per heavy atom. The van der Waals surface area contributed by atoms with Gasteiger partial charge >= 0.3 is 5.97 Å². The predicted octanol–water partition coefficient (Wildman–Crippen LogP) is 3.03. The average molecular weight is 296 g/mol. The summed E-state index contributed by atoms with van der Waals surface area (Å²) in [5.41, 5.74) is 3.13. The first-order valence-electron chi connectivity index (χ1n) is 7.63. The second-order valence-corrected chi connectivity index (χ2v) is 5.75. The summed E-state index contributed by atoms with van der Waals surface area (Å²) in [6.45, 7) is 2.82. The summed E-state index contributed by atoms with van der Waals surface area (Å²) in [7, 11) is 0. The van der Waals surface area contributed by atoms with E-state index in [1.807, 2.05) is 37.3 Å². The van der Waals surface area contributed by atoms with E-state index in [2.05, 4.69) is 22.0 Å². The van der Waals surface area contributed by atoms with Crippen LogP contribution in [-0.4, -0.2) is 33.5 Å². The summed E-state index contributed by atoms with van der Waals surface area (Å²) in [6, 6.07) is 13.5. The number of carboxylic acids is 1. The van der Waals surface area contributed by atoms with Gasteiger partial charge in [-0.25, -0.2) is 0 Å². The fourth-order valence-corrected chi connectivity index (χ4v) is 3.29. The van der Waals surface area contributed by atoms with Crippen molar-refractivity contribution >= 4 is 5.97 Å². The molecule has 4 nitrogen and oxygen atoms in total. The van der Waals surface area contributed by atoms with Crippen LogP contribution in [-0.2, 0) is 4.79 Å². The van der Waals surface area contributed by atoms with Crippen LogP contribution < -0.4 is 0 Å². The van der Waals surface area contributed by atoms with E-state index in [0.29, 0.717) is 6.42 Å². The number of carbonyl (C=O) groups is 1. The third kappa shape index (κ3) is 2.74. The molecule has 1 aliphatic heterocycles. The maximum absolute atomic E-state index is 11.6. The Bertz CT molecular complexity index is 657. The molecule has 22 heavy (non-hydrogen) atoms. The Balaban J connectivity index is 2.08. The molecular weight excluding hydrogens is 276 g/mol. The topological polar surface area (TPSA) is 53.4 Å². The fraction of sp³-hybridized carbons (Fsp3) is 0.333. The van der Waals surface area contributed by atoms with E-state index in [9.17, 15) is 9.90 Å². The lowest BCUT2D eigenvalue weighted by molar-refractivity contribution is -0.142. The Morgan fingerprint density at radius 1 is 1.27 bits per heavy atom. The highest BCUT2D eigenvalue weighted by Gasteiger charge is 2.37. The molecular formula is C18H20N2O2. The summed E-state index contributed by atoms with van der Waals surface area (Å²) in [6.07, 6.45) is 3.39. The van der Waals surface area contributed by atoms with Crippen molar-refractivity contribution in [2.75, 3.05) is 6.54 Å². The Labute approximate surface area is 130 Å². The van der Waals surface area contributed by atoms with Crippen LogP contribution in [0.2, 0.25) is 0 Å². The molecule has 0 aliphatic carbocycles. The van der Waals surface area contributed by atoms with Crippen molar-refractivity contribution in [3.05, 3.63) is 65.5 Å². The van der Waals surface area contributed by atoms with Gasteiger partial charge in [0.25, 0.3) is 0 Å². The number of aliphatic carboxylic acids is 1. The molecule has 4 heteroatoms. The lowest BCUT2D eigenvalue weighted by Crippen LogP contribution is -2.39. The Morgan fingerprint density at radius 3 is 2.73 bits per heavy atom. The fourth-order valence-electron chi connectivity index (χ4n) is 3.29. The lowest BCUT2D eigenvalue weighted by Gasteiger charge is -2.32. The molecule has 1 N–H and O–H groups in total. The molecule has 0 spiro atoms. The van der Waals surface area contributed by atoms with Crippen LogP contribution in [0, 0.1) is 6.92 Å². The number of benzene rings is 1. The quantitative estimate of drug-likeness (QED) is 0.942. The number of carboxylic acid groups (broad SMARTS) is 1. The van der Waals surface area contributed by atoms with E-state index in [0.717, 1.165) is 29.8 Å². The number of nitrogens with zero attached hydrogens (tertiary/aromatic N) is 2. The van der Waals surface area contributed by atoms with E-state index in [-0.39, 0.29) is 6.04 Å². The van der Waals surface area contributed by atoms with Crippen molar-refractivity contribution in [3.63, 3.8) is 0 Å². The zero-order chi connectivity index (χ0) is 15.5. The van der Waals surface area contributed by atoms with Gasteiger partial charge in [0, 0.05) is 12.7 Å². The number of hydrogen-bond acceptors (Lipinski definition) is 3. The molecule has 0 amide bonds. The summed E-state index contributed by atoms with van der Waals surface area (Å²) >= 11 is 0. The van der Waals surface area contributed by atoms with Crippen molar-refractivity contribution in [3.8, 4) is 0 Å². The van der Waals surface area contributed by atoms with Gasteiger partial charge in [0.2, 0.25) is 0 Å². The molecule has 0 saturated carbocycles. The minimum absolute atomic E-state index is 0.106. The summed E-state index contributed by atoms with van der Waals surface area (Å²) in [4.78, 5) is 18.2. The van der Waals surface area contributed by atoms with Crippen LogP contribution >= 0.6 is 0 Å². The standard InChI is InChI=1S/C18H20N2O2/c1-13-7-5-11-19-16(13)17(14-8-3-2-4-9-14)20-12-6-10-15(20)18(21)22/h2-5,7-9,11,15,17H,6,10,12H2,1H3,(H,21,22). The van der Waals surface area contributed by atoms with Gasteiger partial charge < -0.3 is 5.11 Å².